The minimum atomic E-state index is 0.712. The molecule has 4 rings (SSSR count). The van der Waals surface area contributed by atoms with E-state index in [9.17, 15) is 0 Å². The van der Waals surface area contributed by atoms with Gasteiger partial charge in [-0.25, -0.2) is 9.97 Å². The van der Waals surface area contributed by atoms with Crippen LogP contribution in [-0.2, 0) is 6.54 Å². The number of benzene rings is 1. The number of nitrogens with zero attached hydrogens (tertiary/aromatic N) is 3. The molecule has 1 aromatic carbocycles. The van der Waals surface area contributed by atoms with E-state index in [2.05, 4.69) is 44.7 Å². The number of hydrogen-bond donors (Lipinski definition) is 1. The summed E-state index contributed by atoms with van der Waals surface area (Å²) in [7, 11) is 0. The van der Waals surface area contributed by atoms with Crippen molar-refractivity contribution in [2.45, 2.75) is 20.4 Å². The van der Waals surface area contributed by atoms with Gasteiger partial charge in [0.1, 0.15) is 16.5 Å². The van der Waals surface area contributed by atoms with Crippen LogP contribution in [0.25, 0.3) is 21.1 Å². The third-order valence-electron chi connectivity index (χ3n) is 3.91. The molecule has 0 bridgehead atoms. The first-order valence-electron chi connectivity index (χ1n) is 7.51. The minimum Gasteiger partial charge on any atom is -0.365 e. The Balaban J connectivity index is 1.73. The van der Waals surface area contributed by atoms with E-state index >= 15 is 0 Å². The molecule has 0 aliphatic heterocycles. The lowest BCUT2D eigenvalue weighted by Gasteiger charge is -2.10. The molecule has 1 N–H and O–H groups in total. The van der Waals surface area contributed by atoms with Crippen molar-refractivity contribution in [3.63, 3.8) is 0 Å². The molecule has 4 nitrogen and oxygen atoms in total. The maximum atomic E-state index is 4.60. The molecule has 0 radical (unpaired) electrons. The van der Waals surface area contributed by atoms with Crippen LogP contribution in [0.15, 0.2) is 41.9 Å². The molecule has 114 valence electrons. The van der Waals surface area contributed by atoms with E-state index in [4.69, 9.17) is 0 Å². The highest BCUT2D eigenvalue weighted by atomic mass is 32.1. The number of fused-ring (bicyclic) bond motifs is 2. The fraction of sp³-hybridized carbons (Fsp3) is 0.167. The fourth-order valence-corrected chi connectivity index (χ4v) is 3.77. The van der Waals surface area contributed by atoms with Crippen LogP contribution in [0.2, 0.25) is 0 Å². The topological polar surface area (TPSA) is 50.7 Å². The van der Waals surface area contributed by atoms with Gasteiger partial charge in [0.05, 0.1) is 10.9 Å². The lowest BCUT2D eigenvalue weighted by Crippen LogP contribution is -2.04. The molecule has 0 fully saturated rings. The molecule has 5 heteroatoms. The van der Waals surface area contributed by atoms with Crippen molar-refractivity contribution >= 4 is 38.3 Å². The number of nitrogens with one attached hydrogen (secondary N) is 1. The van der Waals surface area contributed by atoms with Crippen molar-refractivity contribution in [1.82, 2.24) is 15.0 Å². The van der Waals surface area contributed by atoms with Crippen molar-refractivity contribution in [3.8, 4) is 0 Å². The first-order chi connectivity index (χ1) is 11.2. The monoisotopic (exact) mass is 320 g/mol. The second-order valence-electron chi connectivity index (χ2n) is 5.56. The number of hydrogen-bond acceptors (Lipinski definition) is 5. The maximum absolute atomic E-state index is 4.60. The molecule has 0 unspecified atom stereocenters. The number of thiophene rings is 1. The zero-order valence-electron chi connectivity index (χ0n) is 13.0. The average Bonchev–Trinajstić information content (AvgIpc) is 2.93. The summed E-state index contributed by atoms with van der Waals surface area (Å²) < 4.78 is 0. The Morgan fingerprint density at radius 1 is 1.09 bits per heavy atom. The van der Waals surface area contributed by atoms with Gasteiger partial charge in [-0.1, -0.05) is 18.2 Å². The highest BCUT2D eigenvalue weighted by Gasteiger charge is 2.11. The molecule has 0 aliphatic rings. The van der Waals surface area contributed by atoms with Crippen LogP contribution < -0.4 is 5.32 Å². The average molecular weight is 320 g/mol. The Morgan fingerprint density at radius 3 is 2.87 bits per heavy atom. The number of para-hydroxylation sites is 1. The van der Waals surface area contributed by atoms with E-state index in [0.717, 1.165) is 27.4 Å². The molecule has 0 aliphatic carbocycles. The molecule has 0 saturated carbocycles. The van der Waals surface area contributed by atoms with Crippen molar-refractivity contribution in [1.29, 1.82) is 0 Å². The minimum absolute atomic E-state index is 0.712. The number of pyridine rings is 1. The van der Waals surface area contributed by atoms with E-state index in [1.165, 1.54) is 16.5 Å². The predicted octanol–water partition coefficient (Wildman–Crippen LogP) is 4.47. The number of aryl methyl sites for hydroxylation is 2. The molecule has 3 heterocycles. The van der Waals surface area contributed by atoms with Crippen molar-refractivity contribution in [3.05, 3.63) is 58.9 Å². The molecule has 23 heavy (non-hydrogen) atoms. The molecule has 3 aromatic heterocycles. The van der Waals surface area contributed by atoms with E-state index in [0.29, 0.717) is 6.54 Å². The van der Waals surface area contributed by atoms with Crippen LogP contribution in [0.5, 0.6) is 0 Å². The van der Waals surface area contributed by atoms with E-state index in [1.54, 1.807) is 11.3 Å². The van der Waals surface area contributed by atoms with Crippen molar-refractivity contribution in [2.24, 2.45) is 0 Å². The number of aromatic nitrogens is 3. The van der Waals surface area contributed by atoms with E-state index < -0.39 is 0 Å². The molecular formula is C18H16N4S. The van der Waals surface area contributed by atoms with Gasteiger partial charge in [-0.3, -0.25) is 4.98 Å². The van der Waals surface area contributed by atoms with Crippen LogP contribution >= 0.6 is 11.3 Å². The molecule has 0 atom stereocenters. The third-order valence-corrected chi connectivity index (χ3v) is 4.90. The maximum Gasteiger partial charge on any atom is 0.139 e. The van der Waals surface area contributed by atoms with Crippen molar-refractivity contribution in [2.75, 3.05) is 5.32 Å². The third kappa shape index (κ3) is 2.53. The quantitative estimate of drug-likeness (QED) is 0.605. The van der Waals surface area contributed by atoms with Crippen LogP contribution in [-0.4, -0.2) is 15.0 Å². The second-order valence-corrected chi connectivity index (χ2v) is 6.42. The van der Waals surface area contributed by atoms with Gasteiger partial charge in [-0.05, 0) is 42.5 Å². The molecule has 0 spiro atoms. The van der Waals surface area contributed by atoms with Gasteiger partial charge >= 0.3 is 0 Å². The summed E-state index contributed by atoms with van der Waals surface area (Å²) >= 11 is 1.67. The summed E-state index contributed by atoms with van der Waals surface area (Å²) in [6.07, 6.45) is 1.86. The van der Waals surface area contributed by atoms with Gasteiger partial charge in [0.25, 0.3) is 0 Å². The Morgan fingerprint density at radius 2 is 1.96 bits per heavy atom. The Bertz CT molecular complexity index is 1000. The Labute approximate surface area is 138 Å². The van der Waals surface area contributed by atoms with Gasteiger partial charge in [-0.2, -0.15) is 0 Å². The summed E-state index contributed by atoms with van der Waals surface area (Å²) in [5.74, 6) is 1.70. The van der Waals surface area contributed by atoms with Crippen LogP contribution in [0.4, 0.5) is 5.82 Å². The SMILES string of the molecule is Cc1nc(NCc2ccnc3ccccc23)c2c(C)csc2n1. The molecule has 4 aromatic rings. The van der Waals surface area contributed by atoms with Gasteiger partial charge in [0, 0.05) is 18.1 Å². The second kappa shape index (κ2) is 5.59. The number of rotatable bonds is 3. The van der Waals surface area contributed by atoms with Gasteiger partial charge in [0.15, 0.2) is 0 Å². The lowest BCUT2D eigenvalue weighted by molar-refractivity contribution is 1.06. The summed E-state index contributed by atoms with van der Waals surface area (Å²) in [6.45, 7) is 4.75. The molecular weight excluding hydrogens is 304 g/mol. The largest absolute Gasteiger partial charge is 0.365 e. The van der Waals surface area contributed by atoms with Gasteiger partial charge < -0.3 is 5.32 Å². The highest BCUT2D eigenvalue weighted by Crippen LogP contribution is 2.29. The van der Waals surface area contributed by atoms with Crippen molar-refractivity contribution < 1.29 is 0 Å². The van der Waals surface area contributed by atoms with Crippen LogP contribution in [0.1, 0.15) is 17.0 Å². The van der Waals surface area contributed by atoms with E-state index in [-0.39, 0.29) is 0 Å². The van der Waals surface area contributed by atoms with Crippen LogP contribution in [0, 0.1) is 13.8 Å². The standard InChI is InChI=1S/C18H16N4S/c1-11-10-23-18-16(11)17(21-12(2)22-18)20-9-13-7-8-19-15-6-4-3-5-14(13)15/h3-8,10H,9H2,1-2H3,(H,20,21,22). The first kappa shape index (κ1) is 14.1. The summed E-state index contributed by atoms with van der Waals surface area (Å²) in [5, 5.41) is 7.92. The van der Waals surface area contributed by atoms with Gasteiger partial charge in [-0.15, -0.1) is 11.3 Å². The predicted molar refractivity (Wildman–Crippen MR) is 96.0 cm³/mol. The first-order valence-corrected chi connectivity index (χ1v) is 8.39. The fourth-order valence-electron chi connectivity index (χ4n) is 2.81. The summed E-state index contributed by atoms with van der Waals surface area (Å²) in [5.41, 5.74) is 3.45. The smallest absolute Gasteiger partial charge is 0.139 e. The normalized spacial score (nSPS) is 11.2. The van der Waals surface area contributed by atoms with Gasteiger partial charge in [0.2, 0.25) is 0 Å². The summed E-state index contributed by atoms with van der Waals surface area (Å²) in [6, 6.07) is 10.3. The Kier molecular flexibility index (Phi) is 3.42. The Hall–Kier alpha value is -2.53. The highest BCUT2D eigenvalue weighted by molar-refractivity contribution is 7.17. The number of anilines is 1. The lowest BCUT2D eigenvalue weighted by atomic mass is 10.1. The molecule has 0 amide bonds. The zero-order valence-corrected chi connectivity index (χ0v) is 13.8. The zero-order chi connectivity index (χ0) is 15.8. The molecule has 0 saturated heterocycles. The summed E-state index contributed by atoms with van der Waals surface area (Å²) in [4.78, 5) is 14.6. The van der Waals surface area contributed by atoms with Crippen LogP contribution in [0.3, 0.4) is 0 Å². The van der Waals surface area contributed by atoms with E-state index in [1.807, 2.05) is 31.3 Å².